The van der Waals surface area contributed by atoms with E-state index in [0.717, 1.165) is 5.56 Å². The van der Waals surface area contributed by atoms with Crippen molar-refractivity contribution in [3.63, 3.8) is 0 Å². The van der Waals surface area contributed by atoms with E-state index in [0.29, 0.717) is 6.67 Å². The highest BCUT2D eigenvalue weighted by Gasteiger charge is 2.09. The average molecular weight is 480 g/mol. The second-order valence-electron chi connectivity index (χ2n) is 9.28. The number of para-hydroxylation sites is 2. The van der Waals surface area contributed by atoms with Gasteiger partial charge in [-0.3, -0.25) is 0 Å². The molecule has 0 bridgehead atoms. The first kappa shape index (κ1) is 22.8. The van der Waals surface area contributed by atoms with Crippen molar-refractivity contribution < 1.29 is 0 Å². The van der Waals surface area contributed by atoms with Gasteiger partial charge in [0.1, 0.15) is 0 Å². The summed E-state index contributed by atoms with van der Waals surface area (Å²) in [5, 5.41) is 5.99. The number of nitrogens with zero attached hydrogens (tertiary/aromatic N) is 1. The molecule has 0 saturated heterocycles. The van der Waals surface area contributed by atoms with Crippen molar-refractivity contribution in [3.05, 3.63) is 145 Å². The van der Waals surface area contributed by atoms with Gasteiger partial charge in [-0.25, -0.2) is 0 Å². The van der Waals surface area contributed by atoms with Crippen molar-refractivity contribution >= 4 is 21.8 Å². The van der Waals surface area contributed by atoms with Crippen molar-refractivity contribution in [1.82, 2.24) is 9.88 Å². The van der Waals surface area contributed by atoms with Crippen LogP contribution >= 0.6 is 0 Å². The number of hydrogen-bond acceptors (Lipinski definition) is 2. The summed E-state index contributed by atoms with van der Waals surface area (Å²) in [6.45, 7) is 0.672. The molecule has 1 unspecified atom stereocenters. The number of benzene rings is 5. The smallest absolute Gasteiger partial charge is 0.0921 e. The lowest BCUT2D eigenvalue weighted by molar-refractivity contribution is 0.679. The molecule has 180 valence electrons. The van der Waals surface area contributed by atoms with E-state index in [2.05, 4.69) is 131 Å². The zero-order chi connectivity index (χ0) is 25.0. The summed E-state index contributed by atoms with van der Waals surface area (Å²) in [7, 11) is 0. The molecule has 37 heavy (non-hydrogen) atoms. The molecule has 0 radical (unpaired) electrons. The molecule has 0 amide bonds. The molecule has 3 heteroatoms. The van der Waals surface area contributed by atoms with E-state index in [1.54, 1.807) is 0 Å². The van der Waals surface area contributed by atoms with Crippen LogP contribution in [0.4, 0.5) is 0 Å². The van der Waals surface area contributed by atoms with Gasteiger partial charge in [-0.15, -0.1) is 0 Å². The standard InChI is InChI=1S/C34H29N3/c35-32(21-22-36-24-37-33-15-6-4-13-30(33)31-14-5-7-16-34(31)37)29-12-8-11-28(23-29)27-19-17-26(18-20-27)25-9-2-1-3-10-25/h1-23,32,36H,24,35H2/b22-21-. The van der Waals surface area contributed by atoms with Crippen LogP contribution < -0.4 is 11.1 Å². The fraction of sp³-hybridized carbons (Fsp3) is 0.0588. The van der Waals surface area contributed by atoms with Crippen LogP contribution in [0.3, 0.4) is 0 Å². The van der Waals surface area contributed by atoms with Gasteiger partial charge >= 0.3 is 0 Å². The van der Waals surface area contributed by atoms with Gasteiger partial charge in [-0.05, 0) is 58.3 Å². The van der Waals surface area contributed by atoms with Crippen molar-refractivity contribution in [3.8, 4) is 22.3 Å². The Bertz CT molecular complexity index is 1620. The summed E-state index contributed by atoms with van der Waals surface area (Å²) < 4.78 is 2.31. The van der Waals surface area contributed by atoms with E-state index < -0.39 is 0 Å². The fourth-order valence-corrected chi connectivity index (χ4v) is 5.01. The van der Waals surface area contributed by atoms with E-state index in [1.165, 1.54) is 44.1 Å². The summed E-state index contributed by atoms with van der Waals surface area (Å²) in [6.07, 6.45) is 3.99. The van der Waals surface area contributed by atoms with Crippen LogP contribution in [0.5, 0.6) is 0 Å². The first-order chi connectivity index (χ1) is 18.3. The predicted molar refractivity (Wildman–Crippen MR) is 156 cm³/mol. The van der Waals surface area contributed by atoms with Crippen LogP contribution in [-0.4, -0.2) is 4.57 Å². The molecule has 5 aromatic carbocycles. The Morgan fingerprint density at radius 2 is 1.14 bits per heavy atom. The Morgan fingerprint density at radius 3 is 1.81 bits per heavy atom. The third-order valence-corrected chi connectivity index (χ3v) is 6.95. The van der Waals surface area contributed by atoms with Gasteiger partial charge in [-0.1, -0.05) is 109 Å². The minimum atomic E-state index is -0.200. The molecular formula is C34H29N3. The molecule has 6 aromatic rings. The molecule has 0 saturated carbocycles. The van der Waals surface area contributed by atoms with Crippen LogP contribution in [0.25, 0.3) is 44.1 Å². The lowest BCUT2D eigenvalue weighted by Gasteiger charge is -2.11. The van der Waals surface area contributed by atoms with E-state index in [1.807, 2.05) is 18.3 Å². The van der Waals surface area contributed by atoms with Crippen LogP contribution in [0, 0.1) is 0 Å². The second kappa shape index (κ2) is 10.2. The van der Waals surface area contributed by atoms with Crippen molar-refractivity contribution in [2.45, 2.75) is 12.7 Å². The Balaban J connectivity index is 1.16. The normalized spacial score (nSPS) is 12.4. The minimum Gasteiger partial charge on any atom is -0.374 e. The fourth-order valence-electron chi connectivity index (χ4n) is 5.01. The molecule has 3 nitrogen and oxygen atoms in total. The minimum absolute atomic E-state index is 0.200. The van der Waals surface area contributed by atoms with Gasteiger partial charge in [0.2, 0.25) is 0 Å². The molecule has 0 aliphatic rings. The van der Waals surface area contributed by atoms with Crippen LogP contribution in [0.2, 0.25) is 0 Å². The van der Waals surface area contributed by atoms with E-state index in [9.17, 15) is 0 Å². The molecule has 0 aliphatic heterocycles. The first-order valence-electron chi connectivity index (χ1n) is 12.7. The average Bonchev–Trinajstić information content (AvgIpc) is 3.29. The third-order valence-electron chi connectivity index (χ3n) is 6.95. The first-order valence-corrected chi connectivity index (χ1v) is 12.7. The predicted octanol–water partition coefficient (Wildman–Crippen LogP) is 7.89. The van der Waals surface area contributed by atoms with Gasteiger partial charge in [-0.2, -0.15) is 0 Å². The molecule has 1 atom stereocenters. The number of fused-ring (bicyclic) bond motifs is 3. The number of hydrogen-bond donors (Lipinski definition) is 2. The monoisotopic (exact) mass is 479 g/mol. The van der Waals surface area contributed by atoms with Crippen molar-refractivity contribution in [2.24, 2.45) is 5.73 Å². The van der Waals surface area contributed by atoms with Gasteiger partial charge < -0.3 is 15.6 Å². The highest BCUT2D eigenvalue weighted by Crippen LogP contribution is 2.29. The van der Waals surface area contributed by atoms with Crippen LogP contribution in [0.15, 0.2) is 140 Å². The topological polar surface area (TPSA) is 43.0 Å². The van der Waals surface area contributed by atoms with Gasteiger partial charge in [0.05, 0.1) is 17.7 Å². The Morgan fingerprint density at radius 1 is 0.595 bits per heavy atom. The number of nitrogens with two attached hydrogens (primary N) is 1. The summed E-state index contributed by atoms with van der Waals surface area (Å²) >= 11 is 0. The van der Waals surface area contributed by atoms with Gasteiger partial charge in [0, 0.05) is 16.8 Å². The Kier molecular flexibility index (Phi) is 6.28. The molecule has 0 fully saturated rings. The lowest BCUT2D eigenvalue weighted by atomic mass is 9.97. The maximum atomic E-state index is 6.55. The number of aromatic nitrogens is 1. The quantitative estimate of drug-likeness (QED) is 0.244. The number of rotatable bonds is 7. The molecule has 1 aromatic heterocycles. The molecule has 3 N–H and O–H groups in total. The highest BCUT2D eigenvalue weighted by molar-refractivity contribution is 6.07. The molecule has 0 aliphatic carbocycles. The Labute approximate surface area is 217 Å². The zero-order valence-corrected chi connectivity index (χ0v) is 20.6. The van der Waals surface area contributed by atoms with Crippen molar-refractivity contribution in [1.29, 1.82) is 0 Å². The van der Waals surface area contributed by atoms with E-state index in [4.69, 9.17) is 5.73 Å². The summed E-state index contributed by atoms with van der Waals surface area (Å²) in [6, 6.07) is 44.5. The largest absolute Gasteiger partial charge is 0.374 e. The maximum absolute atomic E-state index is 6.55. The van der Waals surface area contributed by atoms with Gasteiger partial charge in [0.15, 0.2) is 0 Å². The highest BCUT2D eigenvalue weighted by atomic mass is 15.1. The summed E-state index contributed by atoms with van der Waals surface area (Å²) in [4.78, 5) is 0. The molecule has 1 heterocycles. The van der Waals surface area contributed by atoms with Crippen LogP contribution in [-0.2, 0) is 6.67 Å². The molecular weight excluding hydrogens is 450 g/mol. The van der Waals surface area contributed by atoms with Crippen molar-refractivity contribution in [2.75, 3.05) is 0 Å². The summed E-state index contributed by atoms with van der Waals surface area (Å²) in [5.74, 6) is 0. The SMILES string of the molecule is NC(/C=C\NCn1c2ccccc2c2ccccc21)c1cccc(-c2ccc(-c3ccccc3)cc2)c1. The molecule has 0 spiro atoms. The van der Waals surface area contributed by atoms with E-state index >= 15 is 0 Å². The van der Waals surface area contributed by atoms with Crippen LogP contribution in [0.1, 0.15) is 11.6 Å². The lowest BCUT2D eigenvalue weighted by Crippen LogP contribution is -2.14. The second-order valence-corrected chi connectivity index (χ2v) is 9.28. The van der Waals surface area contributed by atoms with E-state index in [-0.39, 0.29) is 6.04 Å². The summed E-state index contributed by atoms with van der Waals surface area (Å²) in [5.41, 5.74) is 14.9. The third kappa shape index (κ3) is 4.65. The Hall–Kier alpha value is -4.60. The number of nitrogens with one attached hydrogen (secondary N) is 1. The molecule has 6 rings (SSSR count). The maximum Gasteiger partial charge on any atom is 0.0921 e. The zero-order valence-electron chi connectivity index (χ0n) is 20.6. The van der Waals surface area contributed by atoms with Gasteiger partial charge in [0.25, 0.3) is 0 Å².